The molecule has 0 bridgehead atoms. The number of pyridine rings is 1. The molecular weight excluding hydrogens is 262 g/mol. The minimum atomic E-state index is -0.250. The highest BCUT2D eigenvalue weighted by Gasteiger charge is 2.09. The van der Waals surface area contributed by atoms with Gasteiger partial charge in [0.2, 0.25) is 0 Å². The molecule has 0 aliphatic carbocycles. The van der Waals surface area contributed by atoms with Crippen molar-refractivity contribution in [3.8, 4) is 0 Å². The fourth-order valence-electron chi connectivity index (χ4n) is 1.68. The molecule has 4 nitrogen and oxygen atoms in total. The molecule has 0 saturated heterocycles. The molecule has 0 atom stereocenters. The van der Waals surface area contributed by atoms with E-state index in [1.165, 1.54) is 6.20 Å². The van der Waals surface area contributed by atoms with Crippen LogP contribution in [0.4, 0.5) is 5.69 Å². The topological polar surface area (TPSA) is 54.0 Å². The summed E-state index contributed by atoms with van der Waals surface area (Å²) in [5.74, 6) is -0.250. The van der Waals surface area contributed by atoms with Crippen LogP contribution in [0.15, 0.2) is 42.6 Å². The lowest BCUT2D eigenvalue weighted by molar-refractivity contribution is 0.102. The number of nitrogens with zero attached hydrogens (tertiary/aromatic N) is 1. The Balaban J connectivity index is 2.16. The highest BCUT2D eigenvalue weighted by Crippen LogP contribution is 2.16. The first kappa shape index (κ1) is 13.5. The number of aromatic nitrogens is 1. The molecule has 0 unspecified atom stereocenters. The zero-order chi connectivity index (χ0) is 13.7. The van der Waals surface area contributed by atoms with Gasteiger partial charge in [-0.25, -0.2) is 4.98 Å². The van der Waals surface area contributed by atoms with E-state index in [0.717, 1.165) is 11.3 Å². The number of anilines is 1. The fourth-order valence-corrected chi connectivity index (χ4v) is 1.80. The first-order valence-corrected chi connectivity index (χ1v) is 6.24. The van der Waals surface area contributed by atoms with Crippen LogP contribution in [0.5, 0.6) is 0 Å². The number of halogens is 1. The van der Waals surface area contributed by atoms with Crippen molar-refractivity contribution in [2.45, 2.75) is 6.54 Å². The van der Waals surface area contributed by atoms with Crippen LogP contribution in [0.25, 0.3) is 0 Å². The van der Waals surface area contributed by atoms with E-state index in [1.807, 2.05) is 31.3 Å². The molecule has 98 valence electrons. The first-order valence-electron chi connectivity index (χ1n) is 5.86. The third kappa shape index (κ3) is 3.53. The number of amides is 1. The Morgan fingerprint density at radius 2 is 2.05 bits per heavy atom. The third-order valence-corrected chi connectivity index (χ3v) is 2.82. The second-order valence-electron chi connectivity index (χ2n) is 4.00. The average molecular weight is 276 g/mol. The molecule has 1 heterocycles. The molecule has 0 fully saturated rings. The summed E-state index contributed by atoms with van der Waals surface area (Å²) in [6.45, 7) is 0.685. The molecule has 2 rings (SSSR count). The summed E-state index contributed by atoms with van der Waals surface area (Å²) in [5, 5.41) is 6.41. The van der Waals surface area contributed by atoms with E-state index in [1.54, 1.807) is 12.1 Å². The molecule has 1 aromatic carbocycles. The van der Waals surface area contributed by atoms with Gasteiger partial charge in [0.1, 0.15) is 5.69 Å². The van der Waals surface area contributed by atoms with Gasteiger partial charge < -0.3 is 10.6 Å². The first-order chi connectivity index (χ1) is 9.20. The highest BCUT2D eigenvalue weighted by atomic mass is 35.5. The summed E-state index contributed by atoms with van der Waals surface area (Å²) >= 11 is 5.74. The Morgan fingerprint density at radius 3 is 2.74 bits per heavy atom. The van der Waals surface area contributed by atoms with Gasteiger partial charge in [-0.2, -0.15) is 0 Å². The normalized spacial score (nSPS) is 10.2. The van der Waals surface area contributed by atoms with Crippen LogP contribution in [0.3, 0.4) is 0 Å². The van der Waals surface area contributed by atoms with Crippen molar-refractivity contribution in [3.05, 3.63) is 58.9 Å². The van der Waals surface area contributed by atoms with Crippen LogP contribution in [0, 0.1) is 0 Å². The summed E-state index contributed by atoms with van der Waals surface area (Å²) in [7, 11) is 1.86. The molecule has 0 aliphatic rings. The predicted octanol–water partition coefficient (Wildman–Crippen LogP) is 2.71. The van der Waals surface area contributed by atoms with Crippen LogP contribution in [0.2, 0.25) is 5.02 Å². The second kappa shape index (κ2) is 6.31. The van der Waals surface area contributed by atoms with Gasteiger partial charge in [-0.3, -0.25) is 4.79 Å². The average Bonchev–Trinajstić information content (AvgIpc) is 2.42. The summed E-state index contributed by atoms with van der Waals surface area (Å²) in [6, 6.07) is 10.9. The summed E-state index contributed by atoms with van der Waals surface area (Å²) < 4.78 is 0. The molecule has 0 aliphatic heterocycles. The molecule has 5 heteroatoms. The van der Waals surface area contributed by atoms with Crippen molar-refractivity contribution in [3.63, 3.8) is 0 Å². The zero-order valence-electron chi connectivity index (χ0n) is 10.5. The van der Waals surface area contributed by atoms with E-state index in [2.05, 4.69) is 15.6 Å². The van der Waals surface area contributed by atoms with Gasteiger partial charge in [0.25, 0.3) is 5.91 Å². The maximum atomic E-state index is 12.0. The molecule has 1 aromatic heterocycles. The number of rotatable bonds is 4. The minimum absolute atomic E-state index is 0.250. The van der Waals surface area contributed by atoms with Crippen LogP contribution in [0.1, 0.15) is 16.1 Å². The number of nitrogens with one attached hydrogen (secondary N) is 2. The summed E-state index contributed by atoms with van der Waals surface area (Å²) in [6.07, 6.45) is 1.45. The Bertz CT molecular complexity index is 569. The highest BCUT2D eigenvalue weighted by molar-refractivity contribution is 6.30. The summed E-state index contributed by atoms with van der Waals surface area (Å²) in [5.41, 5.74) is 2.13. The lowest BCUT2D eigenvalue weighted by Gasteiger charge is -2.10. The largest absolute Gasteiger partial charge is 0.320 e. The molecule has 0 radical (unpaired) electrons. The van der Waals surface area contributed by atoms with Crippen LogP contribution >= 0.6 is 11.6 Å². The number of hydrogen-bond donors (Lipinski definition) is 2. The summed E-state index contributed by atoms with van der Waals surface area (Å²) in [4.78, 5) is 16.0. The minimum Gasteiger partial charge on any atom is -0.320 e. The van der Waals surface area contributed by atoms with E-state index in [4.69, 9.17) is 11.6 Å². The smallest absolute Gasteiger partial charge is 0.274 e. The van der Waals surface area contributed by atoms with E-state index >= 15 is 0 Å². The van der Waals surface area contributed by atoms with Crippen molar-refractivity contribution in [2.24, 2.45) is 0 Å². The van der Waals surface area contributed by atoms with Crippen molar-refractivity contribution in [1.29, 1.82) is 0 Å². The number of benzene rings is 1. The number of hydrogen-bond acceptors (Lipinski definition) is 3. The molecule has 2 aromatic rings. The van der Waals surface area contributed by atoms with Crippen LogP contribution in [-0.2, 0) is 6.54 Å². The Morgan fingerprint density at radius 1 is 1.26 bits per heavy atom. The van der Waals surface area contributed by atoms with Gasteiger partial charge >= 0.3 is 0 Å². The standard InChI is InChI=1S/C14H14ClN3O/c1-16-8-10-4-2-3-5-12(10)18-14(19)13-7-6-11(15)9-17-13/h2-7,9,16H,8H2,1H3,(H,18,19). The Kier molecular flexibility index (Phi) is 4.49. The molecule has 0 spiro atoms. The van der Waals surface area contributed by atoms with Crippen molar-refractivity contribution in [1.82, 2.24) is 10.3 Å². The number of carbonyl (C=O) groups excluding carboxylic acids is 1. The molecular formula is C14H14ClN3O. The maximum absolute atomic E-state index is 12.0. The quantitative estimate of drug-likeness (QED) is 0.902. The monoisotopic (exact) mass is 275 g/mol. The number of para-hydroxylation sites is 1. The van der Waals surface area contributed by atoms with Crippen molar-refractivity contribution >= 4 is 23.2 Å². The van der Waals surface area contributed by atoms with Gasteiger partial charge in [0.15, 0.2) is 0 Å². The molecule has 0 saturated carbocycles. The second-order valence-corrected chi connectivity index (χ2v) is 4.44. The molecule has 1 amide bonds. The van der Waals surface area contributed by atoms with Crippen molar-refractivity contribution < 1.29 is 4.79 Å². The van der Waals surface area contributed by atoms with Crippen molar-refractivity contribution in [2.75, 3.05) is 12.4 Å². The third-order valence-electron chi connectivity index (χ3n) is 2.59. The van der Waals surface area contributed by atoms with Gasteiger partial charge in [0.05, 0.1) is 5.02 Å². The van der Waals surface area contributed by atoms with Gasteiger partial charge in [0, 0.05) is 18.4 Å². The van der Waals surface area contributed by atoms with E-state index < -0.39 is 0 Å². The maximum Gasteiger partial charge on any atom is 0.274 e. The lowest BCUT2D eigenvalue weighted by Crippen LogP contribution is -2.16. The van der Waals surface area contributed by atoms with E-state index in [-0.39, 0.29) is 5.91 Å². The van der Waals surface area contributed by atoms with Crippen LogP contribution < -0.4 is 10.6 Å². The fraction of sp³-hybridized carbons (Fsp3) is 0.143. The van der Waals surface area contributed by atoms with E-state index in [0.29, 0.717) is 17.3 Å². The predicted molar refractivity (Wildman–Crippen MR) is 76.4 cm³/mol. The number of carbonyl (C=O) groups is 1. The lowest BCUT2D eigenvalue weighted by atomic mass is 10.1. The van der Waals surface area contributed by atoms with Gasteiger partial charge in [-0.15, -0.1) is 0 Å². The molecule has 19 heavy (non-hydrogen) atoms. The Labute approximate surface area is 116 Å². The van der Waals surface area contributed by atoms with Gasteiger partial charge in [-0.1, -0.05) is 29.8 Å². The SMILES string of the molecule is CNCc1ccccc1NC(=O)c1ccc(Cl)cn1. The van der Waals surface area contributed by atoms with Crippen LogP contribution in [-0.4, -0.2) is 17.9 Å². The Hall–Kier alpha value is -1.91. The van der Waals surface area contributed by atoms with Gasteiger partial charge in [-0.05, 0) is 30.8 Å². The zero-order valence-corrected chi connectivity index (χ0v) is 11.2. The van der Waals surface area contributed by atoms with E-state index in [9.17, 15) is 4.79 Å². The molecule has 2 N–H and O–H groups in total.